The van der Waals surface area contributed by atoms with Crippen LogP contribution in [0.1, 0.15) is 24.6 Å². The molecule has 1 aromatic rings. The van der Waals surface area contributed by atoms with Crippen molar-refractivity contribution in [2.24, 2.45) is 5.92 Å². The maximum absolute atomic E-state index is 3.60. The number of nitrogens with zero attached hydrogens (tertiary/aromatic N) is 1. The van der Waals surface area contributed by atoms with Crippen molar-refractivity contribution in [3.63, 3.8) is 0 Å². The van der Waals surface area contributed by atoms with E-state index in [1.807, 2.05) is 0 Å². The van der Waals surface area contributed by atoms with Gasteiger partial charge in [0.2, 0.25) is 0 Å². The van der Waals surface area contributed by atoms with Crippen molar-refractivity contribution in [3.8, 4) is 0 Å². The van der Waals surface area contributed by atoms with Gasteiger partial charge in [0.15, 0.2) is 0 Å². The van der Waals surface area contributed by atoms with Gasteiger partial charge in [0, 0.05) is 25.0 Å². The molecule has 0 spiro atoms. The average molecular weight is 162 g/mol. The molecule has 1 aliphatic heterocycles. The van der Waals surface area contributed by atoms with Gasteiger partial charge < -0.3 is 9.88 Å². The zero-order valence-electron chi connectivity index (χ0n) is 7.16. The van der Waals surface area contributed by atoms with Crippen LogP contribution in [0, 0.1) is 5.92 Å². The van der Waals surface area contributed by atoms with Crippen molar-refractivity contribution in [2.45, 2.75) is 25.4 Å². The van der Waals surface area contributed by atoms with Crippen LogP contribution < -0.4 is 5.32 Å². The van der Waals surface area contributed by atoms with Crippen LogP contribution in [0.5, 0.6) is 0 Å². The number of rotatable bonds is 1. The zero-order chi connectivity index (χ0) is 7.97. The largest absolute Gasteiger partial charge is 0.349 e. The Balaban J connectivity index is 1.97. The highest BCUT2D eigenvalue weighted by Crippen LogP contribution is 2.41. The summed E-state index contributed by atoms with van der Waals surface area (Å²) in [5.41, 5.74) is 1.50. The summed E-state index contributed by atoms with van der Waals surface area (Å²) in [6, 6.07) is 5.08. The van der Waals surface area contributed by atoms with E-state index in [0.29, 0.717) is 6.04 Å². The number of aromatic nitrogens is 1. The summed E-state index contributed by atoms with van der Waals surface area (Å²) in [6.07, 6.45) is 5.04. The highest BCUT2D eigenvalue weighted by atomic mass is 15.1. The van der Waals surface area contributed by atoms with Gasteiger partial charge in [-0.25, -0.2) is 0 Å². The first kappa shape index (κ1) is 6.72. The third kappa shape index (κ3) is 0.911. The summed E-state index contributed by atoms with van der Waals surface area (Å²) in [4.78, 5) is 0. The summed E-state index contributed by atoms with van der Waals surface area (Å²) in [7, 11) is 0. The molecule has 64 valence electrons. The van der Waals surface area contributed by atoms with Gasteiger partial charge in [-0.1, -0.05) is 0 Å². The minimum atomic E-state index is 0.661. The Bertz CT molecular complexity index is 286. The maximum Gasteiger partial charge on any atom is 0.0504 e. The molecular formula is C10H14N2. The molecule has 0 aromatic carbocycles. The number of hydrogen-bond acceptors (Lipinski definition) is 1. The maximum atomic E-state index is 3.60. The molecule has 3 rings (SSSR count). The fraction of sp³-hybridized carbons (Fsp3) is 0.600. The van der Waals surface area contributed by atoms with Crippen LogP contribution in [0.25, 0.3) is 0 Å². The van der Waals surface area contributed by atoms with E-state index in [1.165, 1.54) is 18.5 Å². The molecule has 1 atom stereocenters. The van der Waals surface area contributed by atoms with Crippen LogP contribution in [0.15, 0.2) is 18.3 Å². The summed E-state index contributed by atoms with van der Waals surface area (Å²) in [5.74, 6) is 0.930. The number of hydrogen-bond donors (Lipinski definition) is 1. The fourth-order valence-corrected chi connectivity index (χ4v) is 2.20. The Kier molecular flexibility index (Phi) is 1.32. The van der Waals surface area contributed by atoms with Crippen molar-refractivity contribution in [1.82, 2.24) is 9.88 Å². The van der Waals surface area contributed by atoms with E-state index in [2.05, 4.69) is 28.2 Å². The van der Waals surface area contributed by atoms with Gasteiger partial charge in [0.25, 0.3) is 0 Å². The molecule has 1 N–H and O–H groups in total. The second-order valence-electron chi connectivity index (χ2n) is 3.90. The predicted molar refractivity (Wildman–Crippen MR) is 47.9 cm³/mol. The molecule has 1 fully saturated rings. The van der Waals surface area contributed by atoms with Crippen LogP contribution in [0.2, 0.25) is 0 Å². The lowest BCUT2D eigenvalue weighted by atomic mass is 10.1. The molecule has 0 saturated heterocycles. The molecule has 2 aliphatic rings. The third-order valence-electron chi connectivity index (χ3n) is 2.99. The summed E-state index contributed by atoms with van der Waals surface area (Å²) < 4.78 is 2.39. The van der Waals surface area contributed by atoms with Gasteiger partial charge in [-0.2, -0.15) is 0 Å². The van der Waals surface area contributed by atoms with Gasteiger partial charge in [0.1, 0.15) is 0 Å². The second kappa shape index (κ2) is 2.36. The molecule has 0 unspecified atom stereocenters. The molecule has 2 heterocycles. The minimum Gasteiger partial charge on any atom is -0.349 e. The fourth-order valence-electron chi connectivity index (χ4n) is 2.20. The van der Waals surface area contributed by atoms with Crippen molar-refractivity contribution < 1.29 is 0 Å². The molecule has 12 heavy (non-hydrogen) atoms. The highest BCUT2D eigenvalue weighted by molar-refractivity contribution is 5.16. The standard InChI is InChI=1S/C10H14N2/c1-2-9-10(8-3-4-8)11-5-7-12(9)6-1/h1-2,6,8,10-11H,3-5,7H2/t10-/m0/s1. The Morgan fingerprint density at radius 2 is 2.33 bits per heavy atom. The number of fused-ring (bicyclic) bond motifs is 1. The van der Waals surface area contributed by atoms with Crippen molar-refractivity contribution >= 4 is 0 Å². The van der Waals surface area contributed by atoms with Crippen LogP contribution in [0.4, 0.5) is 0 Å². The molecule has 1 saturated carbocycles. The van der Waals surface area contributed by atoms with Crippen molar-refractivity contribution in [2.75, 3.05) is 6.54 Å². The average Bonchev–Trinajstić information content (AvgIpc) is 2.82. The topological polar surface area (TPSA) is 17.0 Å². The van der Waals surface area contributed by atoms with E-state index in [-0.39, 0.29) is 0 Å². The molecule has 1 aromatic heterocycles. The smallest absolute Gasteiger partial charge is 0.0504 e. The summed E-state index contributed by atoms with van der Waals surface area (Å²) >= 11 is 0. The lowest BCUT2D eigenvalue weighted by Gasteiger charge is -2.26. The van der Waals surface area contributed by atoms with Crippen LogP contribution in [-0.2, 0) is 6.54 Å². The van der Waals surface area contributed by atoms with Crippen LogP contribution in [-0.4, -0.2) is 11.1 Å². The molecule has 0 bridgehead atoms. The first-order valence-electron chi connectivity index (χ1n) is 4.83. The van der Waals surface area contributed by atoms with E-state index in [9.17, 15) is 0 Å². The monoisotopic (exact) mass is 162 g/mol. The van der Waals surface area contributed by atoms with Crippen LogP contribution >= 0.6 is 0 Å². The molecular weight excluding hydrogens is 148 g/mol. The van der Waals surface area contributed by atoms with Gasteiger partial charge in [-0.05, 0) is 30.9 Å². The van der Waals surface area contributed by atoms with Gasteiger partial charge in [-0.15, -0.1) is 0 Å². The van der Waals surface area contributed by atoms with Gasteiger partial charge in [0.05, 0.1) is 6.04 Å². The summed E-state index contributed by atoms with van der Waals surface area (Å²) in [6.45, 7) is 2.29. The zero-order valence-corrected chi connectivity index (χ0v) is 7.16. The number of nitrogens with one attached hydrogen (secondary N) is 1. The van der Waals surface area contributed by atoms with E-state index < -0.39 is 0 Å². The molecule has 1 aliphatic carbocycles. The Hall–Kier alpha value is -0.760. The second-order valence-corrected chi connectivity index (χ2v) is 3.90. The normalized spacial score (nSPS) is 28.5. The van der Waals surface area contributed by atoms with E-state index in [4.69, 9.17) is 0 Å². The predicted octanol–water partition coefficient (Wildman–Crippen LogP) is 1.54. The lowest BCUT2D eigenvalue weighted by Crippen LogP contribution is -2.33. The van der Waals surface area contributed by atoms with Crippen molar-refractivity contribution in [3.05, 3.63) is 24.0 Å². The Morgan fingerprint density at radius 3 is 3.17 bits per heavy atom. The first-order chi connectivity index (χ1) is 5.95. The first-order valence-corrected chi connectivity index (χ1v) is 4.83. The molecule has 0 radical (unpaired) electrons. The Morgan fingerprint density at radius 1 is 1.42 bits per heavy atom. The van der Waals surface area contributed by atoms with Gasteiger partial charge >= 0.3 is 0 Å². The SMILES string of the molecule is c1cc2n(c1)CCN[C@H]2C1CC1. The highest BCUT2D eigenvalue weighted by Gasteiger charge is 2.34. The van der Waals surface area contributed by atoms with E-state index >= 15 is 0 Å². The Labute approximate surface area is 72.6 Å². The molecule has 2 heteroatoms. The minimum absolute atomic E-state index is 0.661. The van der Waals surface area contributed by atoms with Gasteiger partial charge in [-0.3, -0.25) is 0 Å². The molecule has 2 nitrogen and oxygen atoms in total. The summed E-state index contributed by atoms with van der Waals surface area (Å²) in [5, 5.41) is 3.60. The lowest BCUT2D eigenvalue weighted by molar-refractivity contribution is 0.392. The van der Waals surface area contributed by atoms with E-state index in [0.717, 1.165) is 19.0 Å². The quantitative estimate of drug-likeness (QED) is 0.663. The molecule has 0 amide bonds. The third-order valence-corrected chi connectivity index (χ3v) is 2.99. The van der Waals surface area contributed by atoms with Crippen LogP contribution in [0.3, 0.4) is 0 Å². The van der Waals surface area contributed by atoms with E-state index in [1.54, 1.807) is 0 Å². The van der Waals surface area contributed by atoms with Crippen molar-refractivity contribution in [1.29, 1.82) is 0 Å².